The van der Waals surface area contributed by atoms with Crippen molar-refractivity contribution in [3.63, 3.8) is 0 Å². The maximum absolute atomic E-state index is 13.0. The highest BCUT2D eigenvalue weighted by molar-refractivity contribution is 5.89. The summed E-state index contributed by atoms with van der Waals surface area (Å²) in [6, 6.07) is 8.91. The highest BCUT2D eigenvalue weighted by Crippen LogP contribution is 2.35. The van der Waals surface area contributed by atoms with Gasteiger partial charge in [-0.3, -0.25) is 0 Å². The van der Waals surface area contributed by atoms with Crippen molar-refractivity contribution in [3.8, 4) is 5.69 Å². The second-order valence-corrected chi connectivity index (χ2v) is 6.94. The van der Waals surface area contributed by atoms with Crippen LogP contribution in [-0.2, 0) is 18.9 Å². The van der Waals surface area contributed by atoms with Gasteiger partial charge in [0.05, 0.1) is 22.4 Å². The van der Waals surface area contributed by atoms with Crippen LogP contribution in [0.1, 0.15) is 38.4 Å². The number of hydrogen-bond donors (Lipinski definition) is 2. The van der Waals surface area contributed by atoms with E-state index in [1.54, 1.807) is 6.92 Å². The molecule has 3 N–H and O–H groups in total. The molecule has 0 bridgehead atoms. The number of carboxylic acids is 1. The number of carbonyl (C=O) groups is 1. The van der Waals surface area contributed by atoms with Gasteiger partial charge in [0, 0.05) is 17.9 Å². The quantitative estimate of drug-likeness (QED) is 0.448. The summed E-state index contributed by atoms with van der Waals surface area (Å²) >= 11 is 0. The Morgan fingerprint density at radius 3 is 2.00 bits per heavy atom. The summed E-state index contributed by atoms with van der Waals surface area (Å²) < 4.78 is 89.5. The van der Waals surface area contributed by atoms with Gasteiger partial charge in [0.2, 0.25) is 0 Å². The Balaban J connectivity index is 0.000000257. The SMILES string of the molecule is Cc1cc(C(=O)O)c(C)n1-c1ccccc1C(F)(F)F.NCc1ccc(F)cc1C(F)(F)F. The summed E-state index contributed by atoms with van der Waals surface area (Å²) in [4.78, 5) is 11.1. The maximum Gasteiger partial charge on any atom is 0.418 e. The van der Waals surface area contributed by atoms with Gasteiger partial charge >= 0.3 is 18.3 Å². The lowest BCUT2D eigenvalue weighted by atomic mass is 10.1. The predicted molar refractivity (Wildman–Crippen MR) is 106 cm³/mol. The molecule has 0 unspecified atom stereocenters. The summed E-state index contributed by atoms with van der Waals surface area (Å²) in [5.41, 5.74) is 3.82. The third-order valence-electron chi connectivity index (χ3n) is 4.71. The number of halogens is 7. The van der Waals surface area contributed by atoms with Crippen molar-refractivity contribution in [2.24, 2.45) is 5.73 Å². The second-order valence-electron chi connectivity index (χ2n) is 6.94. The van der Waals surface area contributed by atoms with E-state index in [1.807, 2.05) is 0 Å². The fourth-order valence-corrected chi connectivity index (χ4v) is 3.25. The van der Waals surface area contributed by atoms with Crippen molar-refractivity contribution >= 4 is 5.97 Å². The van der Waals surface area contributed by atoms with Crippen LogP contribution >= 0.6 is 0 Å². The Kier molecular flexibility index (Phi) is 7.58. The van der Waals surface area contributed by atoms with Crippen LogP contribution in [-0.4, -0.2) is 15.6 Å². The molecule has 4 nitrogen and oxygen atoms in total. The first-order valence-corrected chi connectivity index (χ1v) is 9.33. The Hall–Kier alpha value is -3.34. The number of aromatic nitrogens is 1. The van der Waals surface area contributed by atoms with Crippen LogP contribution in [0.25, 0.3) is 5.69 Å². The first-order valence-electron chi connectivity index (χ1n) is 9.33. The van der Waals surface area contributed by atoms with Gasteiger partial charge in [-0.1, -0.05) is 18.2 Å². The number of benzene rings is 2. The minimum absolute atomic E-state index is 0.000484. The van der Waals surface area contributed by atoms with Crippen LogP contribution in [0.15, 0.2) is 48.5 Å². The Labute approximate surface area is 184 Å². The lowest BCUT2D eigenvalue weighted by molar-refractivity contribution is -0.138. The van der Waals surface area contributed by atoms with Gasteiger partial charge < -0.3 is 15.4 Å². The second kappa shape index (κ2) is 9.65. The van der Waals surface area contributed by atoms with Gasteiger partial charge in [-0.15, -0.1) is 0 Å². The summed E-state index contributed by atoms with van der Waals surface area (Å²) in [7, 11) is 0. The average molecular weight is 476 g/mol. The molecule has 0 fully saturated rings. The zero-order chi connectivity index (χ0) is 25.1. The van der Waals surface area contributed by atoms with Crippen LogP contribution in [0.2, 0.25) is 0 Å². The standard InChI is InChI=1S/C14H12F3NO2.C8H7F4N/c1-8-7-10(13(19)20)9(2)18(8)12-6-4-3-5-11(12)14(15,16)17;9-6-2-1-5(4-13)7(3-6)8(10,11)12/h3-7H,1-2H3,(H,19,20);1-3H,4,13H2. The van der Waals surface area contributed by atoms with E-state index in [2.05, 4.69) is 0 Å². The maximum atomic E-state index is 13.0. The molecule has 3 rings (SSSR count). The van der Waals surface area contributed by atoms with E-state index in [4.69, 9.17) is 10.8 Å². The van der Waals surface area contributed by atoms with E-state index in [1.165, 1.54) is 35.8 Å². The molecule has 0 radical (unpaired) electrons. The molecule has 3 aromatic rings. The molecule has 2 aromatic carbocycles. The Morgan fingerprint density at radius 2 is 1.52 bits per heavy atom. The molecule has 11 heteroatoms. The topological polar surface area (TPSA) is 68.2 Å². The van der Waals surface area contributed by atoms with Crippen molar-refractivity contribution in [1.82, 2.24) is 4.57 Å². The molecular weight excluding hydrogens is 457 g/mol. The summed E-state index contributed by atoms with van der Waals surface area (Å²) in [5.74, 6) is -2.07. The number of rotatable bonds is 3. The van der Waals surface area contributed by atoms with Crippen molar-refractivity contribution in [2.45, 2.75) is 32.7 Å². The molecule has 33 heavy (non-hydrogen) atoms. The Bertz CT molecular complexity index is 1150. The number of aromatic carboxylic acids is 1. The van der Waals surface area contributed by atoms with Gasteiger partial charge in [-0.25, -0.2) is 9.18 Å². The zero-order valence-electron chi connectivity index (χ0n) is 17.4. The van der Waals surface area contributed by atoms with Crippen LogP contribution < -0.4 is 5.73 Å². The summed E-state index contributed by atoms with van der Waals surface area (Å²) in [6.45, 7) is 2.81. The van der Waals surface area contributed by atoms with Crippen LogP contribution in [0.4, 0.5) is 30.7 Å². The molecule has 0 saturated carbocycles. The van der Waals surface area contributed by atoms with E-state index >= 15 is 0 Å². The Morgan fingerprint density at radius 1 is 0.939 bits per heavy atom. The molecule has 0 spiro atoms. The normalized spacial score (nSPS) is 11.7. The number of hydrogen-bond acceptors (Lipinski definition) is 2. The number of alkyl halides is 6. The summed E-state index contributed by atoms with van der Waals surface area (Å²) in [5, 5.41) is 9.04. The first-order chi connectivity index (χ1) is 15.2. The fraction of sp³-hybridized carbons (Fsp3) is 0.227. The lowest BCUT2D eigenvalue weighted by Gasteiger charge is -2.16. The summed E-state index contributed by atoms with van der Waals surface area (Å²) in [6.07, 6.45) is -9.04. The molecule has 1 aromatic heterocycles. The lowest BCUT2D eigenvalue weighted by Crippen LogP contribution is -2.12. The first kappa shape index (κ1) is 25.9. The van der Waals surface area contributed by atoms with Gasteiger partial charge in [0.15, 0.2) is 0 Å². The monoisotopic (exact) mass is 476 g/mol. The van der Waals surface area contributed by atoms with E-state index in [0.29, 0.717) is 11.8 Å². The van der Waals surface area contributed by atoms with Crippen molar-refractivity contribution in [2.75, 3.05) is 0 Å². The van der Waals surface area contributed by atoms with Gasteiger partial charge in [-0.2, -0.15) is 26.3 Å². The van der Waals surface area contributed by atoms with Crippen molar-refractivity contribution in [1.29, 1.82) is 0 Å². The van der Waals surface area contributed by atoms with Crippen LogP contribution in [0.3, 0.4) is 0 Å². The molecule has 0 saturated heterocycles. The average Bonchev–Trinajstić information content (AvgIpc) is 3.01. The van der Waals surface area contributed by atoms with Crippen LogP contribution in [0.5, 0.6) is 0 Å². The number of aryl methyl sites for hydroxylation is 1. The molecule has 0 atom stereocenters. The molecular formula is C22H19F7N2O2. The van der Waals surface area contributed by atoms with Crippen molar-refractivity contribution < 1.29 is 40.6 Å². The van der Waals surface area contributed by atoms with Crippen LogP contribution in [0, 0.1) is 19.7 Å². The van der Waals surface area contributed by atoms with Gasteiger partial charge in [-0.05, 0) is 49.7 Å². The van der Waals surface area contributed by atoms with E-state index < -0.39 is 35.3 Å². The minimum atomic E-state index is -4.54. The molecule has 0 aliphatic rings. The third kappa shape index (κ3) is 5.92. The number of nitrogens with two attached hydrogens (primary N) is 1. The molecule has 1 heterocycles. The zero-order valence-corrected chi connectivity index (χ0v) is 17.4. The van der Waals surface area contributed by atoms with E-state index in [0.717, 1.165) is 18.2 Å². The van der Waals surface area contributed by atoms with E-state index in [9.17, 15) is 35.5 Å². The highest BCUT2D eigenvalue weighted by Gasteiger charge is 2.35. The molecule has 0 amide bonds. The smallest absolute Gasteiger partial charge is 0.418 e. The van der Waals surface area contributed by atoms with E-state index in [-0.39, 0.29) is 29.1 Å². The molecule has 178 valence electrons. The predicted octanol–water partition coefficient (Wildman–Crippen LogP) is 6.11. The fourth-order valence-electron chi connectivity index (χ4n) is 3.25. The highest BCUT2D eigenvalue weighted by atomic mass is 19.4. The number of para-hydroxylation sites is 1. The third-order valence-corrected chi connectivity index (χ3v) is 4.71. The van der Waals surface area contributed by atoms with Gasteiger partial charge in [0.1, 0.15) is 5.82 Å². The molecule has 0 aliphatic heterocycles. The molecule has 0 aliphatic carbocycles. The van der Waals surface area contributed by atoms with Gasteiger partial charge in [0.25, 0.3) is 0 Å². The minimum Gasteiger partial charge on any atom is -0.478 e. The van der Waals surface area contributed by atoms with Crippen molar-refractivity contribution in [3.05, 3.63) is 88.0 Å². The number of carboxylic acid groups (broad SMARTS) is 1. The number of nitrogens with zero attached hydrogens (tertiary/aromatic N) is 1. The largest absolute Gasteiger partial charge is 0.478 e.